The molecule has 0 aliphatic carbocycles. The summed E-state index contributed by atoms with van der Waals surface area (Å²) in [6, 6.07) is 18.7. The van der Waals surface area contributed by atoms with Crippen molar-refractivity contribution in [2.45, 2.75) is 18.1 Å². The molecule has 0 bridgehead atoms. The largest absolute Gasteiger partial charge is 0.330 e. The second-order valence-corrected chi connectivity index (χ2v) is 7.32. The minimum absolute atomic E-state index is 0.629. The van der Waals surface area contributed by atoms with E-state index in [0.29, 0.717) is 6.54 Å². The zero-order valence-corrected chi connectivity index (χ0v) is 15.6. The molecule has 0 radical (unpaired) electrons. The van der Waals surface area contributed by atoms with Gasteiger partial charge in [-0.05, 0) is 24.1 Å². The molecule has 0 atom stereocenters. The van der Waals surface area contributed by atoms with Crippen molar-refractivity contribution in [2.75, 3.05) is 12.3 Å². The molecule has 0 unspecified atom stereocenters. The lowest BCUT2D eigenvalue weighted by atomic mass is 10.1. The Hall–Kier alpha value is -1.63. The van der Waals surface area contributed by atoms with E-state index in [0.717, 1.165) is 39.7 Å². The molecular formula is C18H19BrN4S. The van der Waals surface area contributed by atoms with Crippen LogP contribution in [0.5, 0.6) is 0 Å². The summed E-state index contributed by atoms with van der Waals surface area (Å²) in [6.07, 6.45) is 0.943. The van der Waals surface area contributed by atoms with E-state index in [1.54, 1.807) is 11.8 Å². The van der Waals surface area contributed by atoms with Crippen molar-refractivity contribution in [3.63, 3.8) is 0 Å². The van der Waals surface area contributed by atoms with Gasteiger partial charge < -0.3 is 10.3 Å². The highest BCUT2D eigenvalue weighted by molar-refractivity contribution is 9.10. The summed E-state index contributed by atoms with van der Waals surface area (Å²) in [5, 5.41) is 9.72. The van der Waals surface area contributed by atoms with Crippen molar-refractivity contribution < 1.29 is 0 Å². The summed E-state index contributed by atoms with van der Waals surface area (Å²) < 4.78 is 3.25. The second kappa shape index (κ2) is 8.46. The van der Waals surface area contributed by atoms with E-state index in [4.69, 9.17) is 5.73 Å². The summed E-state index contributed by atoms with van der Waals surface area (Å²) in [7, 11) is 0. The second-order valence-electron chi connectivity index (χ2n) is 5.34. The lowest BCUT2D eigenvalue weighted by Crippen LogP contribution is -2.07. The molecule has 24 heavy (non-hydrogen) atoms. The number of halogens is 1. The van der Waals surface area contributed by atoms with E-state index in [1.165, 1.54) is 5.56 Å². The molecule has 0 aliphatic heterocycles. The zero-order valence-electron chi connectivity index (χ0n) is 13.2. The highest BCUT2D eigenvalue weighted by Crippen LogP contribution is 2.25. The number of rotatable bonds is 7. The third-order valence-corrected chi connectivity index (χ3v) is 5.16. The van der Waals surface area contributed by atoms with Crippen LogP contribution in [0.2, 0.25) is 0 Å². The zero-order chi connectivity index (χ0) is 16.8. The van der Waals surface area contributed by atoms with Gasteiger partial charge in [-0.15, -0.1) is 10.2 Å². The molecule has 1 heterocycles. The van der Waals surface area contributed by atoms with Crippen LogP contribution in [0.15, 0.2) is 64.2 Å². The van der Waals surface area contributed by atoms with Gasteiger partial charge >= 0.3 is 0 Å². The van der Waals surface area contributed by atoms with Gasteiger partial charge in [0, 0.05) is 28.9 Å². The van der Waals surface area contributed by atoms with Crippen molar-refractivity contribution in [1.29, 1.82) is 0 Å². The van der Waals surface area contributed by atoms with Crippen LogP contribution in [0, 0.1) is 0 Å². The van der Waals surface area contributed by atoms with Gasteiger partial charge in [0.15, 0.2) is 11.0 Å². The predicted octanol–water partition coefficient (Wildman–Crippen LogP) is 4.00. The Labute approximate surface area is 154 Å². The van der Waals surface area contributed by atoms with Crippen LogP contribution in [0.25, 0.3) is 11.4 Å². The van der Waals surface area contributed by atoms with Gasteiger partial charge in [0.25, 0.3) is 0 Å². The molecule has 0 fully saturated rings. The number of nitrogens with two attached hydrogens (primary N) is 1. The maximum absolute atomic E-state index is 5.64. The number of hydrogen-bond acceptors (Lipinski definition) is 4. The molecule has 0 aliphatic rings. The smallest absolute Gasteiger partial charge is 0.191 e. The van der Waals surface area contributed by atoms with Gasteiger partial charge in [0.1, 0.15) is 0 Å². The molecular weight excluding hydrogens is 384 g/mol. The standard InChI is InChI=1S/C18H19BrN4S/c19-16-8-6-15(7-9-16)17-21-22-18(24-13-11-20)23(17)12-10-14-4-2-1-3-5-14/h1-9H,10-13,20H2. The monoisotopic (exact) mass is 402 g/mol. The summed E-state index contributed by atoms with van der Waals surface area (Å²) in [4.78, 5) is 0. The Balaban J connectivity index is 1.87. The topological polar surface area (TPSA) is 56.7 Å². The third kappa shape index (κ3) is 4.26. The van der Waals surface area contributed by atoms with E-state index in [2.05, 4.69) is 67.1 Å². The minimum atomic E-state index is 0.629. The highest BCUT2D eigenvalue weighted by atomic mass is 79.9. The maximum Gasteiger partial charge on any atom is 0.191 e. The minimum Gasteiger partial charge on any atom is -0.330 e. The van der Waals surface area contributed by atoms with Crippen molar-refractivity contribution in [1.82, 2.24) is 14.8 Å². The van der Waals surface area contributed by atoms with Crippen molar-refractivity contribution >= 4 is 27.7 Å². The van der Waals surface area contributed by atoms with E-state index >= 15 is 0 Å². The van der Waals surface area contributed by atoms with E-state index in [9.17, 15) is 0 Å². The molecule has 124 valence electrons. The van der Waals surface area contributed by atoms with E-state index < -0.39 is 0 Å². The number of benzene rings is 2. The Kier molecular flexibility index (Phi) is 6.07. The van der Waals surface area contributed by atoms with Crippen LogP contribution in [0.1, 0.15) is 5.56 Å². The van der Waals surface area contributed by atoms with Gasteiger partial charge in [-0.2, -0.15) is 0 Å². The van der Waals surface area contributed by atoms with Crippen molar-refractivity contribution in [2.24, 2.45) is 5.73 Å². The molecule has 1 aromatic heterocycles. The molecule has 2 N–H and O–H groups in total. The number of thioether (sulfide) groups is 1. The Bertz CT molecular complexity index is 771. The van der Waals surface area contributed by atoms with Crippen molar-refractivity contribution in [3.05, 3.63) is 64.6 Å². The normalized spacial score (nSPS) is 10.9. The van der Waals surface area contributed by atoms with Gasteiger partial charge in [0.05, 0.1) is 0 Å². The quantitative estimate of drug-likeness (QED) is 0.606. The molecule has 3 aromatic rings. The van der Waals surface area contributed by atoms with Gasteiger partial charge in [-0.1, -0.05) is 70.2 Å². The Morgan fingerprint density at radius 1 is 1.00 bits per heavy atom. The van der Waals surface area contributed by atoms with Crippen LogP contribution < -0.4 is 5.73 Å². The molecule has 0 saturated heterocycles. The van der Waals surface area contributed by atoms with Crippen LogP contribution in [0.3, 0.4) is 0 Å². The van der Waals surface area contributed by atoms with Crippen molar-refractivity contribution in [3.8, 4) is 11.4 Å². The molecule has 4 nitrogen and oxygen atoms in total. The number of nitrogens with zero attached hydrogens (tertiary/aromatic N) is 3. The Morgan fingerprint density at radius 3 is 2.46 bits per heavy atom. The van der Waals surface area contributed by atoms with E-state index in [-0.39, 0.29) is 0 Å². The third-order valence-electron chi connectivity index (χ3n) is 3.64. The lowest BCUT2D eigenvalue weighted by molar-refractivity contribution is 0.639. The van der Waals surface area contributed by atoms with Crippen LogP contribution >= 0.6 is 27.7 Å². The maximum atomic E-state index is 5.64. The fourth-order valence-corrected chi connectivity index (χ4v) is 3.44. The summed E-state index contributed by atoms with van der Waals surface area (Å²) in [5.41, 5.74) is 8.02. The van der Waals surface area contributed by atoms with Gasteiger partial charge in [-0.25, -0.2) is 0 Å². The SMILES string of the molecule is NCCSc1nnc(-c2ccc(Br)cc2)n1CCc1ccccc1. The molecule has 6 heteroatoms. The predicted molar refractivity (Wildman–Crippen MR) is 103 cm³/mol. The van der Waals surface area contributed by atoms with Gasteiger partial charge in [0.2, 0.25) is 0 Å². The number of aromatic nitrogens is 3. The lowest BCUT2D eigenvalue weighted by Gasteiger charge is -2.10. The first-order valence-electron chi connectivity index (χ1n) is 7.84. The number of aryl methyl sites for hydroxylation is 1. The van der Waals surface area contributed by atoms with Crippen LogP contribution in [0.4, 0.5) is 0 Å². The number of hydrogen-bond donors (Lipinski definition) is 1. The molecule has 3 rings (SSSR count). The fraction of sp³-hybridized carbons (Fsp3) is 0.222. The fourth-order valence-electron chi connectivity index (χ4n) is 2.45. The average molecular weight is 403 g/mol. The van der Waals surface area contributed by atoms with Crippen LogP contribution in [-0.4, -0.2) is 27.1 Å². The molecule has 0 spiro atoms. The van der Waals surface area contributed by atoms with E-state index in [1.807, 2.05) is 18.2 Å². The molecule has 0 amide bonds. The summed E-state index contributed by atoms with van der Waals surface area (Å²) in [5.74, 6) is 1.74. The first-order valence-corrected chi connectivity index (χ1v) is 9.61. The van der Waals surface area contributed by atoms with Crippen LogP contribution in [-0.2, 0) is 13.0 Å². The summed E-state index contributed by atoms with van der Waals surface area (Å²) >= 11 is 5.13. The summed E-state index contributed by atoms with van der Waals surface area (Å²) in [6.45, 7) is 1.47. The first kappa shape index (κ1) is 17.2. The molecule has 2 aromatic carbocycles. The molecule has 0 saturated carbocycles. The Morgan fingerprint density at radius 2 is 1.75 bits per heavy atom. The van der Waals surface area contributed by atoms with Gasteiger partial charge in [-0.3, -0.25) is 0 Å². The average Bonchev–Trinajstić information content (AvgIpc) is 3.02. The highest BCUT2D eigenvalue weighted by Gasteiger charge is 2.14. The first-order chi connectivity index (χ1) is 11.8.